The number of rotatable bonds is 8. The molecule has 5 heterocycles. The van der Waals surface area contributed by atoms with Gasteiger partial charge in [0.05, 0.1) is 22.9 Å². The summed E-state index contributed by atoms with van der Waals surface area (Å²) in [7, 11) is -3.90. The Balaban J connectivity index is 1.10. The molecule has 2 aliphatic heterocycles. The van der Waals surface area contributed by atoms with Crippen LogP contribution in [0.25, 0.3) is 21.7 Å². The number of nitrogens with zero attached hydrogens (tertiary/aromatic N) is 5. The van der Waals surface area contributed by atoms with Crippen molar-refractivity contribution in [3.8, 4) is 16.5 Å². The number of aromatic nitrogens is 4. The molecular weight excluding hydrogens is 749 g/mol. The molecule has 8 rings (SSSR count). The summed E-state index contributed by atoms with van der Waals surface area (Å²) >= 11 is 1.44. The van der Waals surface area contributed by atoms with Gasteiger partial charge in [-0.2, -0.15) is 0 Å². The van der Waals surface area contributed by atoms with E-state index in [-0.39, 0.29) is 31.4 Å². The molecule has 3 saturated carbocycles. The summed E-state index contributed by atoms with van der Waals surface area (Å²) in [4.78, 5) is 75.8. The Hall–Kier alpha value is -4.71. The number of hydrogen-bond donors (Lipinski definition) is 3. The molecule has 0 radical (unpaired) electrons. The lowest BCUT2D eigenvalue weighted by molar-refractivity contribution is -0.141. The molecule has 4 amide bonds. The van der Waals surface area contributed by atoms with Crippen LogP contribution in [0.3, 0.4) is 0 Å². The van der Waals surface area contributed by atoms with E-state index >= 15 is 0 Å². The second-order valence-electron chi connectivity index (χ2n) is 15.1. The minimum Gasteiger partial charge on any atom is -0.471 e. The molecule has 0 aromatic carbocycles. The van der Waals surface area contributed by atoms with Crippen LogP contribution < -0.4 is 20.1 Å². The average molecular weight is 793 g/mol. The van der Waals surface area contributed by atoms with E-state index in [4.69, 9.17) is 14.5 Å². The molecule has 55 heavy (non-hydrogen) atoms. The minimum absolute atomic E-state index is 0.0181. The van der Waals surface area contributed by atoms with Gasteiger partial charge >= 0.3 is 6.09 Å². The van der Waals surface area contributed by atoms with Crippen LogP contribution in [-0.2, 0) is 29.1 Å². The molecular formula is C37H44N8O8S2. The van der Waals surface area contributed by atoms with Gasteiger partial charge < -0.3 is 25.0 Å². The topological polar surface area (TPSA) is 212 Å². The third kappa shape index (κ3) is 8.15. The normalized spacial score (nSPS) is 28.3. The van der Waals surface area contributed by atoms with Gasteiger partial charge in [-0.05, 0) is 75.7 Å². The van der Waals surface area contributed by atoms with E-state index in [9.17, 15) is 27.6 Å². The van der Waals surface area contributed by atoms with Crippen LogP contribution in [0, 0.1) is 5.92 Å². The molecule has 0 unspecified atom stereocenters. The zero-order valence-corrected chi connectivity index (χ0v) is 31.9. The molecule has 0 bridgehead atoms. The van der Waals surface area contributed by atoms with Crippen molar-refractivity contribution in [2.75, 3.05) is 6.54 Å². The molecule has 3 N–H and O–H groups in total. The first-order valence-corrected chi connectivity index (χ1v) is 21.5. The van der Waals surface area contributed by atoms with Gasteiger partial charge in [0.1, 0.15) is 47.4 Å². The Bertz CT molecular complexity index is 2090. The van der Waals surface area contributed by atoms with Gasteiger partial charge in [0.25, 0.3) is 5.91 Å². The Morgan fingerprint density at radius 2 is 1.84 bits per heavy atom. The van der Waals surface area contributed by atoms with Gasteiger partial charge in [-0.3, -0.25) is 19.1 Å². The minimum atomic E-state index is -3.90. The number of nitrogens with one attached hydrogen (secondary N) is 3. The van der Waals surface area contributed by atoms with Crippen LogP contribution in [0.15, 0.2) is 42.2 Å². The Kier molecular flexibility index (Phi) is 10.4. The molecule has 5 atom stereocenters. The van der Waals surface area contributed by atoms with E-state index in [1.165, 1.54) is 28.8 Å². The summed E-state index contributed by atoms with van der Waals surface area (Å²) in [5, 5.41) is 6.96. The second-order valence-corrected chi connectivity index (χ2v) is 18.0. The highest BCUT2D eigenvalue weighted by molar-refractivity contribution is 7.91. The van der Waals surface area contributed by atoms with Gasteiger partial charge in [-0.25, -0.2) is 33.1 Å². The maximum atomic E-state index is 14.6. The Morgan fingerprint density at radius 3 is 2.62 bits per heavy atom. The summed E-state index contributed by atoms with van der Waals surface area (Å²) in [5.74, 6) is -2.17. The number of carbonyl (C=O) groups excluding carboxylic acids is 4. The number of fused-ring (bicyclic) bond motifs is 3. The lowest BCUT2D eigenvalue weighted by Crippen LogP contribution is -2.58. The molecule has 4 fully saturated rings. The fourth-order valence-corrected chi connectivity index (χ4v) is 9.86. The highest BCUT2D eigenvalue weighted by atomic mass is 32.2. The monoisotopic (exact) mass is 792 g/mol. The van der Waals surface area contributed by atoms with Crippen molar-refractivity contribution >= 4 is 56.3 Å². The van der Waals surface area contributed by atoms with Crippen molar-refractivity contribution in [1.29, 1.82) is 0 Å². The molecule has 5 aliphatic rings. The molecule has 16 nitrogen and oxygen atoms in total. The van der Waals surface area contributed by atoms with E-state index in [0.29, 0.717) is 49.0 Å². The number of amides is 4. The molecule has 3 aliphatic carbocycles. The van der Waals surface area contributed by atoms with E-state index in [1.54, 1.807) is 0 Å². The maximum Gasteiger partial charge on any atom is 0.408 e. The third-order valence-electron chi connectivity index (χ3n) is 11.1. The van der Waals surface area contributed by atoms with E-state index in [0.717, 1.165) is 43.4 Å². The van der Waals surface area contributed by atoms with Crippen molar-refractivity contribution in [1.82, 2.24) is 40.2 Å². The number of thiophene rings is 1. The van der Waals surface area contributed by atoms with Crippen LogP contribution in [0.1, 0.15) is 83.5 Å². The number of allylic oxidation sites excluding steroid dienone is 1. The SMILES string of the molecule is O=C(N[C@H]1CCCCC/C=C\[C@@H]2C[C@@]2(C(=O)NS(=O)(=O)C2CC2)NC(=O)[C@@H]2C[C@@H](Oc3nc4cncnc4nc3-c3cccs3)CN2C1=O)OC1CCCC1. The lowest BCUT2D eigenvalue weighted by Gasteiger charge is -2.30. The van der Waals surface area contributed by atoms with Crippen LogP contribution >= 0.6 is 11.3 Å². The quantitative estimate of drug-likeness (QED) is 0.280. The Labute approximate surface area is 322 Å². The molecule has 3 aromatic heterocycles. The number of ether oxygens (including phenoxy) is 2. The predicted molar refractivity (Wildman–Crippen MR) is 200 cm³/mol. The number of sulfonamides is 1. The van der Waals surface area contributed by atoms with E-state index in [2.05, 4.69) is 30.3 Å². The van der Waals surface area contributed by atoms with Crippen LogP contribution in [0.4, 0.5) is 4.79 Å². The van der Waals surface area contributed by atoms with Crippen molar-refractivity contribution in [2.24, 2.45) is 5.92 Å². The molecule has 3 aromatic rings. The predicted octanol–water partition coefficient (Wildman–Crippen LogP) is 3.54. The van der Waals surface area contributed by atoms with Crippen LogP contribution in [0.5, 0.6) is 5.88 Å². The van der Waals surface area contributed by atoms with Crippen molar-refractivity contribution in [3.63, 3.8) is 0 Å². The fraction of sp³-hybridized carbons (Fsp3) is 0.568. The van der Waals surface area contributed by atoms with Crippen LogP contribution in [0.2, 0.25) is 0 Å². The zero-order chi connectivity index (χ0) is 38.2. The first kappa shape index (κ1) is 37.2. The molecule has 1 saturated heterocycles. The second kappa shape index (κ2) is 15.4. The van der Waals surface area contributed by atoms with Gasteiger partial charge in [0, 0.05) is 12.3 Å². The summed E-state index contributed by atoms with van der Waals surface area (Å²) < 4.78 is 40.1. The van der Waals surface area contributed by atoms with Crippen molar-refractivity contribution in [2.45, 2.75) is 119 Å². The summed E-state index contributed by atoms with van der Waals surface area (Å²) in [5.41, 5.74) is -0.303. The summed E-state index contributed by atoms with van der Waals surface area (Å²) in [6.45, 7) is -0.0414. The summed E-state index contributed by atoms with van der Waals surface area (Å²) in [6, 6.07) is 1.63. The molecule has 0 spiro atoms. The third-order valence-corrected chi connectivity index (χ3v) is 13.8. The van der Waals surface area contributed by atoms with Crippen LogP contribution in [-0.4, -0.2) is 98.7 Å². The van der Waals surface area contributed by atoms with Crippen molar-refractivity contribution < 1.29 is 37.1 Å². The van der Waals surface area contributed by atoms with Gasteiger partial charge in [0.2, 0.25) is 27.7 Å². The Morgan fingerprint density at radius 1 is 1.02 bits per heavy atom. The largest absolute Gasteiger partial charge is 0.471 e. The number of hydrogen-bond acceptors (Lipinski definition) is 13. The lowest BCUT2D eigenvalue weighted by atomic mass is 10.0. The standard InChI is InChI=1S/C37H44N8O8S2/c46-32-28-17-24(52-33-30(29-13-8-16-54-29)42-31-27(40-33)19-38-21-39-31)20-45(28)34(47)26(41-36(49)53-23-10-6-7-11-23)12-5-3-1-2-4-9-22-18-37(22,43-32)35(48)44-55(50,51)25-14-15-25/h4,8-9,13,16,19,21-26,28H,1-3,5-7,10-12,14-15,17-18,20H2,(H,41,49)(H,43,46)(H,44,48)/b9-4-/t22-,24-,26+,28+,37-/m1/s1. The zero-order valence-electron chi connectivity index (χ0n) is 30.2. The molecule has 292 valence electrons. The highest BCUT2D eigenvalue weighted by Gasteiger charge is 2.62. The fourth-order valence-electron chi connectivity index (χ4n) is 7.79. The highest BCUT2D eigenvalue weighted by Crippen LogP contribution is 2.46. The first-order valence-electron chi connectivity index (χ1n) is 19.1. The number of carbonyl (C=O) groups is 4. The first-order chi connectivity index (χ1) is 26.6. The number of alkyl carbamates (subject to hydrolysis) is 1. The maximum absolute atomic E-state index is 14.6. The van der Waals surface area contributed by atoms with E-state index in [1.807, 2.05) is 29.7 Å². The van der Waals surface area contributed by atoms with E-state index < -0.39 is 68.7 Å². The molecule has 18 heteroatoms. The van der Waals surface area contributed by atoms with Crippen molar-refractivity contribution in [3.05, 3.63) is 42.2 Å². The summed E-state index contributed by atoms with van der Waals surface area (Å²) in [6.07, 6.45) is 12.9. The van der Waals surface area contributed by atoms with Gasteiger partial charge in [-0.1, -0.05) is 31.1 Å². The average Bonchev–Trinajstić information content (AvgIpc) is 3.90. The van der Waals surface area contributed by atoms with Gasteiger partial charge in [-0.15, -0.1) is 11.3 Å². The van der Waals surface area contributed by atoms with Gasteiger partial charge in [0.15, 0.2) is 5.65 Å². The smallest absolute Gasteiger partial charge is 0.408 e.